The number of hydrogen-bond acceptors (Lipinski definition) is 4. The molecule has 0 amide bonds. The fraction of sp³-hybridized carbons (Fsp3) is 0.200. The van der Waals surface area contributed by atoms with Crippen molar-refractivity contribution < 1.29 is 19.3 Å². The van der Waals surface area contributed by atoms with E-state index in [0.717, 1.165) is 11.1 Å². The molecule has 0 heterocycles. The van der Waals surface area contributed by atoms with Gasteiger partial charge in [-0.2, -0.15) is 0 Å². The molecule has 0 aliphatic carbocycles. The lowest BCUT2D eigenvalue weighted by Crippen LogP contribution is -1.96. The molecule has 2 rings (SSSR count). The lowest BCUT2D eigenvalue weighted by atomic mass is 10.0. The molecule has 0 atom stereocenters. The minimum absolute atomic E-state index is 0.203. The van der Waals surface area contributed by atoms with E-state index in [4.69, 9.17) is 14.2 Å². The van der Waals surface area contributed by atoms with Gasteiger partial charge < -0.3 is 19.3 Å². The summed E-state index contributed by atoms with van der Waals surface area (Å²) >= 11 is 0. The number of ether oxygens (including phenoxy) is 3. The Morgan fingerprint density at radius 1 is 0.842 bits per heavy atom. The fourth-order valence-corrected chi connectivity index (χ4v) is 2.00. The molecule has 0 aliphatic heterocycles. The Kier molecular flexibility index (Phi) is 3.80. The number of phenolic OH excluding ortho intramolecular Hbond substituents is 1. The Morgan fingerprint density at radius 3 is 2.16 bits per heavy atom. The summed E-state index contributed by atoms with van der Waals surface area (Å²) in [7, 11) is 4.71. The van der Waals surface area contributed by atoms with Crippen LogP contribution >= 0.6 is 0 Å². The lowest BCUT2D eigenvalue weighted by Gasteiger charge is -2.15. The van der Waals surface area contributed by atoms with Gasteiger partial charge in [-0.3, -0.25) is 0 Å². The van der Waals surface area contributed by atoms with Gasteiger partial charge in [0.05, 0.1) is 21.3 Å². The highest BCUT2D eigenvalue weighted by Gasteiger charge is 2.16. The molecule has 2 aromatic rings. The molecule has 0 saturated carbocycles. The number of benzene rings is 2. The van der Waals surface area contributed by atoms with Crippen molar-refractivity contribution in [2.75, 3.05) is 21.3 Å². The summed E-state index contributed by atoms with van der Waals surface area (Å²) in [6.45, 7) is 0. The van der Waals surface area contributed by atoms with Crippen LogP contribution in [-0.4, -0.2) is 26.4 Å². The van der Waals surface area contributed by atoms with Gasteiger partial charge in [-0.15, -0.1) is 0 Å². The first kappa shape index (κ1) is 13.1. The molecular formula is C15H16O4. The number of methoxy groups -OCH3 is 3. The summed E-state index contributed by atoms with van der Waals surface area (Å²) in [6.07, 6.45) is 0. The van der Waals surface area contributed by atoms with Crippen molar-refractivity contribution in [3.05, 3.63) is 36.4 Å². The van der Waals surface area contributed by atoms with E-state index < -0.39 is 0 Å². The Morgan fingerprint density at radius 2 is 1.58 bits per heavy atom. The predicted molar refractivity (Wildman–Crippen MR) is 73.2 cm³/mol. The lowest BCUT2D eigenvalue weighted by molar-refractivity contribution is 0.325. The molecule has 0 radical (unpaired) electrons. The highest BCUT2D eigenvalue weighted by atomic mass is 16.5. The van der Waals surface area contributed by atoms with Gasteiger partial charge in [-0.25, -0.2) is 0 Å². The average Bonchev–Trinajstić information content (AvgIpc) is 2.45. The van der Waals surface area contributed by atoms with Gasteiger partial charge in [0.15, 0.2) is 11.5 Å². The summed E-state index contributed by atoms with van der Waals surface area (Å²) in [5, 5.41) is 9.57. The maximum atomic E-state index is 9.57. The first-order valence-corrected chi connectivity index (χ1v) is 5.79. The molecule has 0 saturated heterocycles. The number of rotatable bonds is 4. The topological polar surface area (TPSA) is 47.9 Å². The van der Waals surface area contributed by atoms with Gasteiger partial charge >= 0.3 is 0 Å². The molecule has 0 bridgehead atoms. The number of aromatic hydroxyl groups is 1. The van der Waals surface area contributed by atoms with E-state index in [1.165, 1.54) is 0 Å². The van der Waals surface area contributed by atoms with Gasteiger partial charge in [-0.05, 0) is 29.8 Å². The number of hydrogen-bond donors (Lipinski definition) is 1. The minimum atomic E-state index is 0.203. The molecule has 0 fully saturated rings. The fourth-order valence-electron chi connectivity index (χ4n) is 2.00. The van der Waals surface area contributed by atoms with Crippen molar-refractivity contribution in [1.82, 2.24) is 0 Å². The van der Waals surface area contributed by atoms with Gasteiger partial charge in [0.25, 0.3) is 0 Å². The van der Waals surface area contributed by atoms with Crippen LogP contribution < -0.4 is 14.2 Å². The second kappa shape index (κ2) is 5.52. The number of phenols is 1. The summed E-state index contributed by atoms with van der Waals surface area (Å²) in [5.74, 6) is 1.91. The monoisotopic (exact) mass is 260 g/mol. The first-order valence-electron chi connectivity index (χ1n) is 5.79. The zero-order valence-electron chi connectivity index (χ0n) is 11.1. The van der Waals surface area contributed by atoms with E-state index in [2.05, 4.69) is 0 Å². The molecule has 4 nitrogen and oxygen atoms in total. The van der Waals surface area contributed by atoms with Crippen molar-refractivity contribution in [3.8, 4) is 34.1 Å². The summed E-state index contributed by atoms with van der Waals surface area (Å²) in [6, 6.07) is 10.6. The molecule has 4 heteroatoms. The van der Waals surface area contributed by atoms with E-state index in [0.29, 0.717) is 17.2 Å². The maximum absolute atomic E-state index is 9.57. The van der Waals surface area contributed by atoms with Crippen LogP contribution in [0.15, 0.2) is 36.4 Å². The molecular weight excluding hydrogens is 244 g/mol. The van der Waals surface area contributed by atoms with E-state index in [1.807, 2.05) is 12.1 Å². The summed E-state index contributed by atoms with van der Waals surface area (Å²) in [4.78, 5) is 0. The molecule has 0 aromatic heterocycles. The molecule has 0 unspecified atom stereocenters. The second-order valence-corrected chi connectivity index (χ2v) is 3.93. The Bertz CT molecular complexity index is 578. The maximum Gasteiger partial charge on any atom is 0.203 e. The van der Waals surface area contributed by atoms with E-state index in [1.54, 1.807) is 45.6 Å². The highest BCUT2D eigenvalue weighted by Crippen LogP contribution is 2.44. The van der Waals surface area contributed by atoms with Crippen molar-refractivity contribution in [3.63, 3.8) is 0 Å². The normalized spacial score (nSPS) is 10.1. The summed E-state index contributed by atoms with van der Waals surface area (Å²) < 4.78 is 16.0. The molecule has 0 aliphatic rings. The third kappa shape index (κ3) is 2.42. The van der Waals surface area contributed by atoms with Crippen LogP contribution in [0.25, 0.3) is 11.1 Å². The van der Waals surface area contributed by atoms with Gasteiger partial charge in [0.2, 0.25) is 5.75 Å². The van der Waals surface area contributed by atoms with Gasteiger partial charge in [0, 0.05) is 5.56 Å². The van der Waals surface area contributed by atoms with Crippen molar-refractivity contribution >= 4 is 0 Å². The summed E-state index contributed by atoms with van der Waals surface area (Å²) in [5.41, 5.74) is 1.67. The second-order valence-electron chi connectivity index (χ2n) is 3.93. The SMILES string of the molecule is COc1ccc(-c2cccc(O)c2)c(OC)c1OC. The van der Waals surface area contributed by atoms with Crippen LogP contribution in [0.2, 0.25) is 0 Å². The van der Waals surface area contributed by atoms with Crippen LogP contribution in [0, 0.1) is 0 Å². The quantitative estimate of drug-likeness (QED) is 0.917. The van der Waals surface area contributed by atoms with E-state index in [-0.39, 0.29) is 5.75 Å². The third-order valence-corrected chi connectivity index (χ3v) is 2.86. The smallest absolute Gasteiger partial charge is 0.203 e. The Balaban J connectivity index is 2.64. The van der Waals surface area contributed by atoms with Crippen molar-refractivity contribution in [1.29, 1.82) is 0 Å². The largest absolute Gasteiger partial charge is 0.508 e. The van der Waals surface area contributed by atoms with Crippen LogP contribution in [0.3, 0.4) is 0 Å². The Hall–Kier alpha value is -2.36. The van der Waals surface area contributed by atoms with Crippen LogP contribution in [0.1, 0.15) is 0 Å². The minimum Gasteiger partial charge on any atom is -0.508 e. The molecule has 19 heavy (non-hydrogen) atoms. The van der Waals surface area contributed by atoms with E-state index in [9.17, 15) is 5.11 Å². The van der Waals surface area contributed by atoms with Gasteiger partial charge in [-0.1, -0.05) is 12.1 Å². The van der Waals surface area contributed by atoms with Crippen LogP contribution in [0.4, 0.5) is 0 Å². The molecule has 100 valence electrons. The average molecular weight is 260 g/mol. The van der Waals surface area contributed by atoms with Crippen LogP contribution in [-0.2, 0) is 0 Å². The molecule has 1 N–H and O–H groups in total. The highest BCUT2D eigenvalue weighted by molar-refractivity contribution is 5.77. The zero-order chi connectivity index (χ0) is 13.8. The molecule has 0 spiro atoms. The van der Waals surface area contributed by atoms with E-state index >= 15 is 0 Å². The van der Waals surface area contributed by atoms with Crippen molar-refractivity contribution in [2.45, 2.75) is 0 Å². The predicted octanol–water partition coefficient (Wildman–Crippen LogP) is 3.09. The third-order valence-electron chi connectivity index (χ3n) is 2.86. The Labute approximate surface area is 112 Å². The standard InChI is InChI=1S/C15H16O4/c1-17-13-8-7-12(14(18-2)15(13)19-3)10-5-4-6-11(16)9-10/h4-9,16H,1-3H3. The van der Waals surface area contributed by atoms with Crippen LogP contribution in [0.5, 0.6) is 23.0 Å². The van der Waals surface area contributed by atoms with Gasteiger partial charge in [0.1, 0.15) is 5.75 Å². The zero-order valence-corrected chi connectivity index (χ0v) is 11.1. The first-order chi connectivity index (χ1) is 9.21. The van der Waals surface area contributed by atoms with Crippen molar-refractivity contribution in [2.24, 2.45) is 0 Å². The molecule has 2 aromatic carbocycles.